The van der Waals surface area contributed by atoms with Crippen LogP contribution in [0.5, 0.6) is 0 Å². The summed E-state index contributed by atoms with van der Waals surface area (Å²) in [5.74, 6) is 0.214. The van der Waals surface area contributed by atoms with Gasteiger partial charge >= 0.3 is 0 Å². The molecule has 0 saturated heterocycles. The van der Waals surface area contributed by atoms with Gasteiger partial charge in [-0.2, -0.15) is 0 Å². The Morgan fingerprint density at radius 3 is 2.38 bits per heavy atom. The average Bonchev–Trinajstić information content (AvgIpc) is 2.36. The van der Waals surface area contributed by atoms with Crippen molar-refractivity contribution in [2.45, 2.75) is 33.6 Å². The van der Waals surface area contributed by atoms with Gasteiger partial charge in [-0.05, 0) is 18.3 Å². The molecule has 0 aromatic rings. The molecule has 1 N–H and O–H groups in total. The number of fused-ring (bicyclic) bond motifs is 2. The first kappa shape index (κ1) is 8.73. The molecule has 0 amide bonds. The van der Waals surface area contributed by atoms with Gasteiger partial charge in [0.1, 0.15) is 5.71 Å². The first-order valence-electron chi connectivity index (χ1n) is 4.72. The monoisotopic (exact) mass is 181 g/mol. The molecular weight excluding hydrogens is 166 g/mol. The number of carbonyl (C=O) groups excluding carboxylic acids is 1. The molecule has 2 fully saturated rings. The molecule has 2 aliphatic carbocycles. The molecule has 13 heavy (non-hydrogen) atoms. The summed E-state index contributed by atoms with van der Waals surface area (Å²) < 4.78 is 0. The van der Waals surface area contributed by atoms with Crippen LogP contribution < -0.4 is 0 Å². The smallest absolute Gasteiger partial charge is 0.187 e. The largest absolute Gasteiger partial charge is 0.411 e. The van der Waals surface area contributed by atoms with E-state index in [-0.39, 0.29) is 22.5 Å². The van der Waals surface area contributed by atoms with Crippen LogP contribution in [0.25, 0.3) is 0 Å². The van der Waals surface area contributed by atoms with Gasteiger partial charge < -0.3 is 5.21 Å². The predicted molar refractivity (Wildman–Crippen MR) is 48.8 cm³/mol. The minimum Gasteiger partial charge on any atom is -0.411 e. The SMILES string of the molecule is CC1(C)C2CC[C@@]1(C)C(=O)C2=NO. The van der Waals surface area contributed by atoms with Crippen LogP contribution in [0.15, 0.2) is 5.16 Å². The topological polar surface area (TPSA) is 49.7 Å². The molecule has 3 nitrogen and oxygen atoms in total. The van der Waals surface area contributed by atoms with Crippen molar-refractivity contribution >= 4 is 11.5 Å². The minimum absolute atomic E-state index is 0.0361. The number of oxime groups is 1. The molecule has 2 rings (SSSR count). The summed E-state index contributed by atoms with van der Waals surface area (Å²) in [6, 6.07) is 0. The third-order valence-electron chi connectivity index (χ3n) is 4.40. The first-order chi connectivity index (χ1) is 5.95. The number of carbonyl (C=O) groups is 1. The van der Waals surface area contributed by atoms with Crippen LogP contribution in [0.4, 0.5) is 0 Å². The van der Waals surface area contributed by atoms with Gasteiger partial charge in [-0.15, -0.1) is 0 Å². The molecule has 72 valence electrons. The second-order valence-corrected chi connectivity index (χ2v) is 4.96. The molecule has 0 aliphatic heterocycles. The number of nitrogens with zero attached hydrogens (tertiary/aromatic N) is 1. The molecular formula is C10H15NO2. The molecule has 2 aliphatic rings. The predicted octanol–water partition coefficient (Wildman–Crippen LogP) is 1.84. The van der Waals surface area contributed by atoms with Crippen molar-refractivity contribution in [3.63, 3.8) is 0 Å². The molecule has 3 heteroatoms. The zero-order valence-corrected chi connectivity index (χ0v) is 8.29. The molecule has 0 spiro atoms. The number of rotatable bonds is 0. The van der Waals surface area contributed by atoms with Crippen molar-refractivity contribution in [1.82, 2.24) is 0 Å². The lowest BCUT2D eigenvalue weighted by molar-refractivity contribution is -0.123. The number of hydrogen-bond acceptors (Lipinski definition) is 3. The van der Waals surface area contributed by atoms with Crippen molar-refractivity contribution in [1.29, 1.82) is 0 Å². The van der Waals surface area contributed by atoms with Crippen LogP contribution in [0, 0.1) is 16.7 Å². The quantitative estimate of drug-likeness (QED) is 0.458. The Morgan fingerprint density at radius 1 is 1.46 bits per heavy atom. The highest BCUT2D eigenvalue weighted by Crippen LogP contribution is 2.62. The van der Waals surface area contributed by atoms with Crippen LogP contribution in [-0.2, 0) is 4.79 Å². The van der Waals surface area contributed by atoms with Gasteiger partial charge in [-0.3, -0.25) is 4.79 Å². The van der Waals surface area contributed by atoms with Crippen molar-refractivity contribution in [3.05, 3.63) is 0 Å². The van der Waals surface area contributed by atoms with E-state index in [0.717, 1.165) is 12.8 Å². The summed E-state index contributed by atoms with van der Waals surface area (Å²) in [5.41, 5.74) is 0.0731. The minimum atomic E-state index is -0.292. The third kappa shape index (κ3) is 0.713. The standard InChI is InChI=1S/C10H15NO2/c1-9(2)6-4-5-10(9,3)8(12)7(6)11-13/h6,13H,4-5H2,1-3H3/t6?,10-/m0/s1. The van der Waals surface area contributed by atoms with Crippen molar-refractivity contribution in [3.8, 4) is 0 Å². The van der Waals surface area contributed by atoms with E-state index in [4.69, 9.17) is 5.21 Å². The highest BCUT2D eigenvalue weighted by atomic mass is 16.4. The van der Waals surface area contributed by atoms with Gasteiger partial charge in [-0.25, -0.2) is 0 Å². The fourth-order valence-electron chi connectivity index (χ4n) is 2.94. The number of hydrogen-bond donors (Lipinski definition) is 1. The molecule has 1 unspecified atom stereocenters. The Hall–Kier alpha value is -0.860. The van der Waals surface area contributed by atoms with E-state index < -0.39 is 0 Å². The van der Waals surface area contributed by atoms with Crippen LogP contribution in [0.1, 0.15) is 33.6 Å². The highest BCUT2D eigenvalue weighted by molar-refractivity contribution is 6.45. The summed E-state index contributed by atoms with van der Waals surface area (Å²) in [6.07, 6.45) is 1.91. The summed E-state index contributed by atoms with van der Waals surface area (Å²) in [4.78, 5) is 11.8. The Morgan fingerprint density at radius 2 is 2.08 bits per heavy atom. The Balaban J connectivity index is 2.57. The maximum absolute atomic E-state index is 11.8. The van der Waals surface area contributed by atoms with Crippen molar-refractivity contribution in [2.75, 3.05) is 0 Å². The Labute approximate surface area is 77.8 Å². The van der Waals surface area contributed by atoms with Crippen LogP contribution in [0.3, 0.4) is 0 Å². The third-order valence-corrected chi connectivity index (χ3v) is 4.40. The molecule has 0 heterocycles. The lowest BCUT2D eigenvalue weighted by atomic mass is 9.70. The number of ketones is 1. The molecule has 0 radical (unpaired) electrons. The van der Waals surface area contributed by atoms with Crippen LogP contribution >= 0.6 is 0 Å². The lowest BCUT2D eigenvalue weighted by Crippen LogP contribution is -2.33. The van der Waals surface area contributed by atoms with Crippen molar-refractivity contribution in [2.24, 2.45) is 21.9 Å². The zero-order valence-electron chi connectivity index (χ0n) is 8.29. The van der Waals surface area contributed by atoms with Crippen LogP contribution in [0.2, 0.25) is 0 Å². The average molecular weight is 181 g/mol. The fraction of sp³-hybridized carbons (Fsp3) is 0.800. The molecule has 2 atom stereocenters. The summed E-state index contributed by atoms with van der Waals surface area (Å²) in [6.45, 7) is 6.19. The molecule has 2 bridgehead atoms. The maximum atomic E-state index is 11.8. The normalized spacial score (nSPS) is 44.7. The van der Waals surface area contributed by atoms with Gasteiger partial charge in [0.25, 0.3) is 0 Å². The van der Waals surface area contributed by atoms with Gasteiger partial charge in [0, 0.05) is 11.3 Å². The molecule has 0 aromatic heterocycles. The Kier molecular flexibility index (Phi) is 1.44. The molecule has 2 saturated carbocycles. The van der Waals surface area contributed by atoms with E-state index in [1.165, 1.54) is 0 Å². The maximum Gasteiger partial charge on any atom is 0.187 e. The van der Waals surface area contributed by atoms with Crippen LogP contribution in [-0.4, -0.2) is 16.7 Å². The summed E-state index contributed by atoms with van der Waals surface area (Å²) in [7, 11) is 0. The number of Topliss-reactive ketones (excluding diaryl/α,β-unsaturated/α-hetero) is 1. The lowest BCUT2D eigenvalue weighted by Gasteiger charge is -2.31. The second kappa shape index (κ2) is 2.14. The van der Waals surface area contributed by atoms with Crippen molar-refractivity contribution < 1.29 is 10.0 Å². The van der Waals surface area contributed by atoms with E-state index in [1.54, 1.807) is 0 Å². The van der Waals surface area contributed by atoms with E-state index in [2.05, 4.69) is 19.0 Å². The second-order valence-electron chi connectivity index (χ2n) is 4.96. The fourth-order valence-corrected chi connectivity index (χ4v) is 2.94. The van der Waals surface area contributed by atoms with Gasteiger partial charge in [0.2, 0.25) is 0 Å². The first-order valence-corrected chi connectivity index (χ1v) is 4.72. The zero-order chi connectivity index (χ0) is 9.85. The van der Waals surface area contributed by atoms with Gasteiger partial charge in [-0.1, -0.05) is 25.9 Å². The van der Waals surface area contributed by atoms with E-state index >= 15 is 0 Å². The highest BCUT2D eigenvalue weighted by Gasteiger charge is 2.65. The Bertz CT molecular complexity index is 306. The van der Waals surface area contributed by atoms with Gasteiger partial charge in [0.05, 0.1) is 0 Å². The van der Waals surface area contributed by atoms with E-state index in [0.29, 0.717) is 5.71 Å². The van der Waals surface area contributed by atoms with Gasteiger partial charge in [0.15, 0.2) is 5.78 Å². The summed E-state index contributed by atoms with van der Waals surface area (Å²) >= 11 is 0. The van der Waals surface area contributed by atoms with E-state index in [9.17, 15) is 4.79 Å². The molecule has 0 aromatic carbocycles. The summed E-state index contributed by atoms with van der Waals surface area (Å²) in [5, 5.41) is 11.9. The van der Waals surface area contributed by atoms with E-state index in [1.807, 2.05) is 6.92 Å².